The number of aromatic nitrogens is 1. The fourth-order valence-electron chi connectivity index (χ4n) is 2.48. The van der Waals surface area contributed by atoms with E-state index in [9.17, 15) is 9.59 Å². The number of thiazole rings is 1. The zero-order valence-corrected chi connectivity index (χ0v) is 15.4. The Morgan fingerprint density at radius 2 is 1.92 bits per heavy atom. The molecule has 2 aromatic carbocycles. The molecule has 132 valence electrons. The van der Waals surface area contributed by atoms with Gasteiger partial charge in [0.05, 0.1) is 0 Å². The van der Waals surface area contributed by atoms with Gasteiger partial charge in [-0.1, -0.05) is 35.9 Å². The fourth-order valence-corrected chi connectivity index (χ4v) is 3.21. The van der Waals surface area contributed by atoms with Crippen molar-refractivity contribution >= 4 is 28.8 Å². The maximum absolute atomic E-state index is 12.5. The lowest BCUT2D eigenvalue weighted by Crippen LogP contribution is -2.17. The molecule has 2 amide bonds. The zero-order chi connectivity index (χ0) is 18.5. The summed E-state index contributed by atoms with van der Waals surface area (Å²) >= 11 is 1.42. The van der Waals surface area contributed by atoms with Crippen LogP contribution in [0.3, 0.4) is 0 Å². The Hall–Kier alpha value is -2.99. The highest BCUT2D eigenvalue weighted by Gasteiger charge is 2.07. The molecular weight excluding hydrogens is 346 g/mol. The number of aryl methyl sites for hydroxylation is 1. The van der Waals surface area contributed by atoms with E-state index in [2.05, 4.69) is 41.5 Å². The largest absolute Gasteiger partial charge is 0.326 e. The van der Waals surface area contributed by atoms with Gasteiger partial charge >= 0.3 is 0 Å². The van der Waals surface area contributed by atoms with E-state index in [1.165, 1.54) is 23.8 Å². The Labute approximate surface area is 155 Å². The second kappa shape index (κ2) is 7.93. The molecule has 1 heterocycles. The van der Waals surface area contributed by atoms with Gasteiger partial charge in [-0.15, -0.1) is 11.3 Å². The lowest BCUT2D eigenvalue weighted by atomic mass is 10.1. The van der Waals surface area contributed by atoms with Gasteiger partial charge in [0.15, 0.2) is 4.80 Å². The van der Waals surface area contributed by atoms with Gasteiger partial charge in [0, 0.05) is 36.3 Å². The van der Waals surface area contributed by atoms with Crippen molar-refractivity contribution in [3.63, 3.8) is 0 Å². The highest BCUT2D eigenvalue weighted by atomic mass is 32.1. The average Bonchev–Trinajstić information content (AvgIpc) is 3.03. The number of anilines is 1. The first-order valence-electron chi connectivity index (χ1n) is 8.17. The van der Waals surface area contributed by atoms with Crippen molar-refractivity contribution in [2.75, 3.05) is 5.32 Å². The molecule has 0 spiro atoms. The normalized spacial score (nSPS) is 11.4. The van der Waals surface area contributed by atoms with E-state index < -0.39 is 0 Å². The Bertz CT molecular complexity index is 1000. The van der Waals surface area contributed by atoms with Crippen LogP contribution >= 0.6 is 11.3 Å². The molecule has 5 nitrogen and oxygen atoms in total. The first kappa shape index (κ1) is 17.8. The summed E-state index contributed by atoms with van der Waals surface area (Å²) in [6, 6.07) is 15.1. The Kier molecular flexibility index (Phi) is 5.43. The highest BCUT2D eigenvalue weighted by Crippen LogP contribution is 2.12. The molecule has 0 aliphatic rings. The van der Waals surface area contributed by atoms with E-state index in [0.717, 1.165) is 5.56 Å². The number of amides is 2. The third kappa shape index (κ3) is 4.55. The van der Waals surface area contributed by atoms with Crippen molar-refractivity contribution in [2.24, 2.45) is 4.99 Å². The summed E-state index contributed by atoms with van der Waals surface area (Å²) < 4.78 is 1.95. The van der Waals surface area contributed by atoms with Crippen LogP contribution in [0.1, 0.15) is 28.4 Å². The molecule has 0 aliphatic heterocycles. The molecule has 6 heteroatoms. The second-order valence-electron chi connectivity index (χ2n) is 5.98. The van der Waals surface area contributed by atoms with Crippen molar-refractivity contribution in [1.82, 2.24) is 4.57 Å². The molecule has 0 atom stereocenters. The smallest absolute Gasteiger partial charge is 0.279 e. The number of hydrogen-bond acceptors (Lipinski definition) is 3. The minimum Gasteiger partial charge on any atom is -0.326 e. The van der Waals surface area contributed by atoms with Crippen LogP contribution in [-0.2, 0) is 11.3 Å². The van der Waals surface area contributed by atoms with Crippen LogP contribution < -0.4 is 10.1 Å². The van der Waals surface area contributed by atoms with Crippen LogP contribution in [0.25, 0.3) is 0 Å². The maximum atomic E-state index is 12.5. The number of carbonyl (C=O) groups is 2. The van der Waals surface area contributed by atoms with E-state index >= 15 is 0 Å². The zero-order valence-electron chi connectivity index (χ0n) is 14.6. The van der Waals surface area contributed by atoms with E-state index in [4.69, 9.17) is 0 Å². The molecule has 1 N–H and O–H groups in total. The summed E-state index contributed by atoms with van der Waals surface area (Å²) in [5.41, 5.74) is 3.38. The molecule has 0 aliphatic carbocycles. The van der Waals surface area contributed by atoms with Crippen molar-refractivity contribution in [3.8, 4) is 0 Å². The van der Waals surface area contributed by atoms with Crippen LogP contribution in [0.5, 0.6) is 0 Å². The molecule has 3 rings (SSSR count). The van der Waals surface area contributed by atoms with Crippen molar-refractivity contribution in [3.05, 3.63) is 81.6 Å². The quantitative estimate of drug-likeness (QED) is 0.768. The van der Waals surface area contributed by atoms with E-state index in [1.54, 1.807) is 24.3 Å². The molecule has 0 saturated heterocycles. The SMILES string of the molecule is CC(=O)Nc1cccc(C(=O)N=c2sccn2Cc2ccc(C)cc2)c1. The summed E-state index contributed by atoms with van der Waals surface area (Å²) in [6.45, 7) is 4.14. The standard InChI is InChI=1S/C20H19N3O2S/c1-14-6-8-16(9-7-14)13-23-10-11-26-20(23)22-19(25)17-4-3-5-18(12-17)21-15(2)24/h3-12H,13H2,1-2H3,(H,21,24). The maximum Gasteiger partial charge on any atom is 0.279 e. The second-order valence-corrected chi connectivity index (χ2v) is 6.85. The number of hydrogen-bond donors (Lipinski definition) is 1. The third-order valence-electron chi connectivity index (χ3n) is 3.76. The van der Waals surface area contributed by atoms with Crippen molar-refractivity contribution in [2.45, 2.75) is 20.4 Å². The molecular formula is C20H19N3O2S. The molecule has 3 aromatic rings. The summed E-state index contributed by atoms with van der Waals surface area (Å²) in [7, 11) is 0. The fraction of sp³-hybridized carbons (Fsp3) is 0.150. The molecule has 0 fully saturated rings. The van der Waals surface area contributed by atoms with Crippen molar-refractivity contribution in [1.29, 1.82) is 0 Å². The summed E-state index contributed by atoms with van der Waals surface area (Å²) in [4.78, 5) is 28.6. The van der Waals surface area contributed by atoms with Gasteiger partial charge in [-0.05, 0) is 30.7 Å². The van der Waals surface area contributed by atoms with Crippen molar-refractivity contribution < 1.29 is 9.59 Å². The lowest BCUT2D eigenvalue weighted by Gasteiger charge is -2.05. The third-order valence-corrected chi connectivity index (χ3v) is 4.55. The van der Waals surface area contributed by atoms with E-state index in [1.807, 2.05) is 16.1 Å². The number of benzene rings is 2. The molecule has 0 unspecified atom stereocenters. The molecule has 0 radical (unpaired) electrons. The van der Waals surface area contributed by atoms with Crippen LogP contribution in [-0.4, -0.2) is 16.4 Å². The minimum atomic E-state index is -0.336. The Morgan fingerprint density at radius 3 is 2.65 bits per heavy atom. The molecule has 0 saturated carbocycles. The summed E-state index contributed by atoms with van der Waals surface area (Å²) in [5.74, 6) is -0.516. The summed E-state index contributed by atoms with van der Waals surface area (Å²) in [5, 5.41) is 4.58. The topological polar surface area (TPSA) is 63.5 Å². The Balaban J connectivity index is 1.84. The van der Waals surface area contributed by atoms with Crippen LogP contribution in [0.4, 0.5) is 5.69 Å². The number of rotatable bonds is 4. The minimum absolute atomic E-state index is 0.180. The van der Waals surface area contributed by atoms with Crippen LogP contribution in [0.15, 0.2) is 65.1 Å². The van der Waals surface area contributed by atoms with Gasteiger partial charge in [-0.3, -0.25) is 9.59 Å². The van der Waals surface area contributed by atoms with Gasteiger partial charge in [-0.2, -0.15) is 4.99 Å². The number of carbonyl (C=O) groups excluding carboxylic acids is 2. The Morgan fingerprint density at radius 1 is 1.15 bits per heavy atom. The van der Waals surface area contributed by atoms with Crippen LogP contribution in [0.2, 0.25) is 0 Å². The van der Waals surface area contributed by atoms with Gasteiger partial charge in [0.25, 0.3) is 5.91 Å². The lowest BCUT2D eigenvalue weighted by molar-refractivity contribution is -0.114. The van der Waals surface area contributed by atoms with Crippen LogP contribution in [0, 0.1) is 6.92 Å². The predicted octanol–water partition coefficient (Wildman–Crippen LogP) is 3.61. The highest BCUT2D eigenvalue weighted by molar-refractivity contribution is 7.07. The first-order chi connectivity index (χ1) is 12.5. The molecule has 1 aromatic heterocycles. The van der Waals surface area contributed by atoms with E-state index in [0.29, 0.717) is 22.6 Å². The number of nitrogens with one attached hydrogen (secondary N) is 1. The molecule has 26 heavy (non-hydrogen) atoms. The first-order valence-corrected chi connectivity index (χ1v) is 9.05. The average molecular weight is 365 g/mol. The molecule has 0 bridgehead atoms. The van der Waals surface area contributed by atoms with Gasteiger partial charge in [0.1, 0.15) is 0 Å². The van der Waals surface area contributed by atoms with Gasteiger partial charge in [0.2, 0.25) is 5.91 Å². The van der Waals surface area contributed by atoms with Gasteiger partial charge < -0.3 is 9.88 Å². The van der Waals surface area contributed by atoms with E-state index in [-0.39, 0.29) is 11.8 Å². The summed E-state index contributed by atoms with van der Waals surface area (Å²) in [6.07, 6.45) is 1.92. The monoisotopic (exact) mass is 365 g/mol. The predicted molar refractivity (Wildman–Crippen MR) is 103 cm³/mol. The van der Waals surface area contributed by atoms with Gasteiger partial charge in [-0.25, -0.2) is 0 Å². The number of nitrogens with zero attached hydrogens (tertiary/aromatic N) is 2.